The summed E-state index contributed by atoms with van der Waals surface area (Å²) in [5, 5.41) is 0.357. The van der Waals surface area contributed by atoms with Crippen molar-refractivity contribution in [3.63, 3.8) is 0 Å². The van der Waals surface area contributed by atoms with Crippen molar-refractivity contribution in [3.05, 3.63) is 125 Å². The van der Waals surface area contributed by atoms with Crippen LogP contribution in [0.1, 0.15) is 30.5 Å². The summed E-state index contributed by atoms with van der Waals surface area (Å²) in [7, 11) is 2.94. The first-order valence-corrected chi connectivity index (χ1v) is 13.7. The molecule has 3 aromatic carbocycles. The fraction of sp³-hybridized carbons (Fsp3) is 0.219. The van der Waals surface area contributed by atoms with Gasteiger partial charge in [0.1, 0.15) is 34.1 Å². The molecule has 0 unspecified atom stereocenters. The maximum Gasteiger partial charge on any atom is 0.337 e. The van der Waals surface area contributed by atoms with Gasteiger partial charge in [0.05, 0.1) is 19.3 Å². The normalized spacial score (nSPS) is 10.8. The van der Waals surface area contributed by atoms with Crippen molar-refractivity contribution < 1.29 is 13.9 Å². The molecule has 218 valence electrons. The van der Waals surface area contributed by atoms with Gasteiger partial charge in [-0.05, 0) is 61.4 Å². The number of hydrogen-bond acceptors (Lipinski definition) is 5. The molecule has 0 N–H and O–H groups in total. The molecule has 0 fully saturated rings. The van der Waals surface area contributed by atoms with Gasteiger partial charge in [-0.1, -0.05) is 49.7 Å². The molecule has 5 rings (SSSR count). The molecule has 0 aliphatic carbocycles. The van der Waals surface area contributed by atoms with E-state index in [1.54, 1.807) is 62.4 Å². The Kier molecular flexibility index (Phi) is 9.02. The number of nitrogens with zero attached hydrogens (tertiary/aromatic N) is 3. The summed E-state index contributed by atoms with van der Waals surface area (Å²) in [4.78, 5) is 41.1. The Hall–Kier alpha value is -4.63. The Balaban J connectivity index is 0.00000198. The molecule has 0 aliphatic heterocycles. The molecule has 0 aliphatic rings. The molecule has 10 heteroatoms. The highest BCUT2D eigenvalue weighted by molar-refractivity contribution is 6.31. The van der Waals surface area contributed by atoms with Gasteiger partial charge in [-0.25, -0.2) is 13.8 Å². The molecule has 0 saturated heterocycles. The molecule has 8 nitrogen and oxygen atoms in total. The number of aryl methyl sites for hydroxylation is 2. The monoisotopic (exact) mass is 591 g/mol. The minimum atomic E-state index is -0.817. The minimum absolute atomic E-state index is 0.0745. The van der Waals surface area contributed by atoms with Gasteiger partial charge in [0.2, 0.25) is 0 Å². The van der Waals surface area contributed by atoms with Crippen LogP contribution in [-0.4, -0.2) is 20.8 Å². The van der Waals surface area contributed by atoms with E-state index in [9.17, 15) is 14.4 Å². The minimum Gasteiger partial charge on any atom is -0.497 e. The van der Waals surface area contributed by atoms with Crippen molar-refractivity contribution in [3.8, 4) is 22.9 Å². The van der Waals surface area contributed by atoms with Gasteiger partial charge >= 0.3 is 5.69 Å². The lowest BCUT2D eigenvalue weighted by atomic mass is 10.2. The smallest absolute Gasteiger partial charge is 0.337 e. The Bertz CT molecular complexity index is 1960. The van der Waals surface area contributed by atoms with E-state index in [4.69, 9.17) is 21.1 Å². The lowest BCUT2D eigenvalue weighted by Crippen LogP contribution is -2.42. The number of fused-ring (bicyclic) bond motifs is 1. The van der Waals surface area contributed by atoms with Crippen molar-refractivity contribution in [2.75, 3.05) is 7.11 Å². The maximum absolute atomic E-state index is 15.4. The van der Waals surface area contributed by atoms with Gasteiger partial charge in [-0.2, -0.15) is 0 Å². The summed E-state index contributed by atoms with van der Waals surface area (Å²) < 4.78 is 29.8. The molecular formula is C32H31ClFN3O5. The zero-order valence-electron chi connectivity index (χ0n) is 24.2. The van der Waals surface area contributed by atoms with Crippen LogP contribution in [0.15, 0.2) is 81.1 Å². The average molecular weight is 592 g/mol. The number of halogens is 2. The van der Waals surface area contributed by atoms with Gasteiger partial charge in [0.25, 0.3) is 11.1 Å². The zero-order valence-corrected chi connectivity index (χ0v) is 25.0. The van der Waals surface area contributed by atoms with E-state index in [0.717, 1.165) is 13.7 Å². The van der Waals surface area contributed by atoms with E-state index in [-0.39, 0.29) is 29.0 Å². The van der Waals surface area contributed by atoms with Crippen LogP contribution in [-0.2, 0) is 13.6 Å². The molecular weight excluding hydrogens is 561 g/mol. The number of aromatic nitrogens is 3. The lowest BCUT2D eigenvalue weighted by molar-refractivity contribution is 0.414. The molecule has 0 atom stereocenters. The number of pyridine rings is 1. The summed E-state index contributed by atoms with van der Waals surface area (Å²) in [6.07, 6.45) is 0. The highest BCUT2D eigenvalue weighted by Crippen LogP contribution is 2.32. The molecule has 0 amide bonds. The SMILES string of the molecule is CC.COc1ccc(Cn2c(=O)c3c(Oc4cccc(Cl)c4C)cc(=O)n(C)c3n(-c3ccc(C)cc3F)c2=O)cc1. The van der Waals surface area contributed by atoms with E-state index in [1.807, 2.05) is 13.8 Å². The van der Waals surface area contributed by atoms with Crippen LogP contribution in [0.25, 0.3) is 16.7 Å². The van der Waals surface area contributed by atoms with Gasteiger partial charge in [-0.15, -0.1) is 0 Å². The first-order chi connectivity index (χ1) is 20.1. The molecule has 0 saturated carbocycles. The summed E-state index contributed by atoms with van der Waals surface area (Å²) in [6, 6.07) is 17.4. The van der Waals surface area contributed by atoms with Crippen molar-refractivity contribution >= 4 is 22.6 Å². The number of methoxy groups -OCH3 is 1. The maximum atomic E-state index is 15.4. The third kappa shape index (κ3) is 5.60. The van der Waals surface area contributed by atoms with Gasteiger partial charge in [0, 0.05) is 23.7 Å². The van der Waals surface area contributed by atoms with Crippen LogP contribution in [0.4, 0.5) is 4.39 Å². The Morgan fingerprint density at radius 3 is 2.24 bits per heavy atom. The molecule has 0 radical (unpaired) electrons. The van der Waals surface area contributed by atoms with E-state index in [0.29, 0.717) is 33.2 Å². The third-order valence-electron chi connectivity index (χ3n) is 6.75. The predicted molar refractivity (Wildman–Crippen MR) is 163 cm³/mol. The fourth-order valence-electron chi connectivity index (χ4n) is 4.52. The number of hydrogen-bond donors (Lipinski definition) is 0. The third-order valence-corrected chi connectivity index (χ3v) is 7.16. The predicted octanol–water partition coefficient (Wildman–Crippen LogP) is 6.14. The second-order valence-corrected chi connectivity index (χ2v) is 9.79. The van der Waals surface area contributed by atoms with Crippen molar-refractivity contribution in [2.45, 2.75) is 34.2 Å². The second-order valence-electron chi connectivity index (χ2n) is 9.38. The Labute approximate surface area is 246 Å². The molecule has 2 aromatic heterocycles. The van der Waals surface area contributed by atoms with Crippen LogP contribution < -0.4 is 26.3 Å². The summed E-state index contributed by atoms with van der Waals surface area (Å²) in [6.45, 7) is 7.33. The van der Waals surface area contributed by atoms with Crippen LogP contribution in [0.2, 0.25) is 5.02 Å². The standard InChI is InChI=1S/C30H25ClFN3O5.C2H6/c1-17-8-13-23(22(32)14-17)35-28-27(29(37)34(30(35)38)16-19-9-11-20(39-4)12-10-19)25(15-26(36)33(28)3)40-24-7-5-6-21(31)18(24)2;1-2/h5-15H,16H2,1-4H3;1-2H3. The Morgan fingerprint density at radius 1 is 0.905 bits per heavy atom. The molecule has 0 bridgehead atoms. The van der Waals surface area contributed by atoms with Crippen LogP contribution in [0.3, 0.4) is 0 Å². The summed E-state index contributed by atoms with van der Waals surface area (Å²) in [5.74, 6) is 0.152. The summed E-state index contributed by atoms with van der Waals surface area (Å²) >= 11 is 6.27. The molecule has 5 aromatic rings. The summed E-state index contributed by atoms with van der Waals surface area (Å²) in [5.41, 5.74) is -0.439. The molecule has 0 spiro atoms. The second kappa shape index (κ2) is 12.5. The van der Waals surface area contributed by atoms with Gasteiger partial charge in [-0.3, -0.25) is 18.7 Å². The van der Waals surface area contributed by atoms with Gasteiger partial charge in [0.15, 0.2) is 0 Å². The van der Waals surface area contributed by atoms with E-state index >= 15 is 4.39 Å². The number of rotatable bonds is 6. The van der Waals surface area contributed by atoms with E-state index in [1.165, 1.54) is 32.4 Å². The quantitative estimate of drug-likeness (QED) is 0.237. The topological polar surface area (TPSA) is 84.5 Å². The van der Waals surface area contributed by atoms with Crippen LogP contribution in [0.5, 0.6) is 17.2 Å². The first-order valence-electron chi connectivity index (χ1n) is 13.3. The van der Waals surface area contributed by atoms with Crippen molar-refractivity contribution in [2.24, 2.45) is 7.05 Å². The average Bonchev–Trinajstić information content (AvgIpc) is 2.98. The fourth-order valence-corrected chi connectivity index (χ4v) is 4.69. The van der Waals surface area contributed by atoms with Gasteiger partial charge < -0.3 is 9.47 Å². The largest absolute Gasteiger partial charge is 0.497 e. The molecule has 2 heterocycles. The lowest BCUT2D eigenvalue weighted by Gasteiger charge is -2.19. The first kappa shape index (κ1) is 30.3. The van der Waals surface area contributed by atoms with E-state index < -0.39 is 22.6 Å². The Morgan fingerprint density at radius 2 is 1.60 bits per heavy atom. The van der Waals surface area contributed by atoms with E-state index in [2.05, 4.69) is 0 Å². The number of benzene rings is 3. The van der Waals surface area contributed by atoms with Crippen LogP contribution in [0, 0.1) is 19.7 Å². The van der Waals surface area contributed by atoms with Crippen molar-refractivity contribution in [1.29, 1.82) is 0 Å². The zero-order chi connectivity index (χ0) is 30.7. The van der Waals surface area contributed by atoms with Crippen molar-refractivity contribution in [1.82, 2.24) is 13.7 Å². The highest BCUT2D eigenvalue weighted by Gasteiger charge is 2.24. The van der Waals surface area contributed by atoms with Crippen LogP contribution >= 0.6 is 11.6 Å². The highest BCUT2D eigenvalue weighted by atomic mass is 35.5. The molecule has 42 heavy (non-hydrogen) atoms. The number of ether oxygens (including phenoxy) is 2.